The molecular weight excluding hydrogens is 767 g/mol. The third-order valence-corrected chi connectivity index (χ3v) is 19.3. The van der Waals surface area contributed by atoms with E-state index in [0.29, 0.717) is 24.4 Å². The Hall–Kier alpha value is -1.19. The lowest BCUT2D eigenvalue weighted by Crippen LogP contribution is -2.54. The van der Waals surface area contributed by atoms with Crippen LogP contribution in [0.4, 0.5) is 4.79 Å². The predicted molar refractivity (Wildman–Crippen MR) is 255 cm³/mol. The lowest BCUT2D eigenvalue weighted by molar-refractivity contribution is -0.0619. The van der Waals surface area contributed by atoms with Gasteiger partial charge >= 0.3 is 6.16 Å². The molecule has 8 rings (SSSR count). The third kappa shape index (κ3) is 11.1. The van der Waals surface area contributed by atoms with E-state index in [9.17, 15) is 4.79 Å². The molecule has 8 aliphatic rings. The van der Waals surface area contributed by atoms with Crippen LogP contribution in [0.1, 0.15) is 182 Å². The Morgan fingerprint density at radius 3 is 2.03 bits per heavy atom. The fraction of sp³-hybridized carbons (Fsp3) is 0.944. The number of carbonyl (C=O) groups excluding carboxylic acids is 1. The Bertz CT molecular complexity index is 1400. The van der Waals surface area contributed by atoms with Crippen LogP contribution in [0.3, 0.4) is 0 Å². The monoisotopic (exact) mass is 862 g/mol. The average Bonchev–Trinajstić information content (AvgIpc) is 3.40. The lowest BCUT2D eigenvalue weighted by atomic mass is 9.47. The van der Waals surface area contributed by atoms with Gasteiger partial charge in [0.1, 0.15) is 12.7 Å². The maximum atomic E-state index is 13.4. The van der Waals surface area contributed by atoms with Crippen LogP contribution in [0.15, 0.2) is 11.6 Å². The summed E-state index contributed by atoms with van der Waals surface area (Å²) in [5.41, 5.74) is 2.38. The van der Waals surface area contributed by atoms with E-state index in [1.54, 1.807) is 5.57 Å². The first kappa shape index (κ1) is 47.3. The molecule has 8 heteroatoms. The zero-order chi connectivity index (χ0) is 43.1. The summed E-state index contributed by atoms with van der Waals surface area (Å²) in [5.74, 6) is 5.08. The van der Waals surface area contributed by atoms with Gasteiger partial charge in [0.25, 0.3) is 0 Å². The second-order valence-corrected chi connectivity index (χ2v) is 23.4. The highest BCUT2D eigenvalue weighted by Gasteiger charge is 2.59. The number of carbonyl (C=O) groups is 1. The van der Waals surface area contributed by atoms with Gasteiger partial charge in [0.05, 0.1) is 12.3 Å². The summed E-state index contributed by atoms with van der Waals surface area (Å²) in [5, 5.41) is 0. The van der Waals surface area contributed by atoms with E-state index >= 15 is 0 Å². The average molecular weight is 862 g/mol. The second kappa shape index (κ2) is 22.1. The fourth-order valence-corrected chi connectivity index (χ4v) is 15.9. The van der Waals surface area contributed by atoms with Crippen molar-refractivity contribution in [3.05, 3.63) is 11.6 Å². The van der Waals surface area contributed by atoms with E-state index in [1.807, 2.05) is 0 Å². The molecule has 0 aromatic rings. The van der Waals surface area contributed by atoms with Gasteiger partial charge in [0, 0.05) is 52.2 Å². The van der Waals surface area contributed by atoms with Gasteiger partial charge in [-0.2, -0.15) is 0 Å². The molecule has 7 fully saturated rings. The molecule has 4 heterocycles. The van der Waals surface area contributed by atoms with Gasteiger partial charge in [-0.25, -0.2) is 4.79 Å². The topological polar surface area (TPSA) is 51.7 Å². The summed E-state index contributed by atoms with van der Waals surface area (Å²) in [6.07, 6.45) is 33.6. The fourth-order valence-electron chi connectivity index (χ4n) is 15.9. The van der Waals surface area contributed by atoms with Crippen molar-refractivity contribution >= 4 is 6.16 Å². The molecule has 354 valence electrons. The van der Waals surface area contributed by atoms with Crippen LogP contribution in [0.2, 0.25) is 0 Å². The lowest BCUT2D eigenvalue weighted by Gasteiger charge is -2.58. The highest BCUT2D eigenvalue weighted by Crippen LogP contribution is 2.67. The summed E-state index contributed by atoms with van der Waals surface area (Å²) in [4.78, 5) is 27.1. The quantitative estimate of drug-likeness (QED) is 0.106. The number of rotatable bonds is 17. The molecule has 62 heavy (non-hydrogen) atoms. The van der Waals surface area contributed by atoms with Crippen LogP contribution in [0, 0.1) is 46.3 Å². The highest BCUT2D eigenvalue weighted by atomic mass is 16.7. The normalized spacial score (nSPS) is 36.7. The maximum Gasteiger partial charge on any atom is 0.508 e. The summed E-state index contributed by atoms with van der Waals surface area (Å²) >= 11 is 0. The Kier molecular flexibility index (Phi) is 16.8. The summed E-state index contributed by atoms with van der Waals surface area (Å²) in [6, 6.07) is 0. The standard InChI is InChI=1S/C54H95N5O3/c1-42(2)17-12-18-43(3)47-23-24-48-46-22-21-44-41-45(25-27-53(44,4)49(46)26-28-54(47,48)5)62-52(60)61-40-39-55(29-13-33-58-37-15-35-56-31-10-6-8-19-50(56)58)30-14-34-59-38-16-36-57-32-11-7-9-20-51(57)59/h21,42-43,45-51H,6-20,22-41H2,1-5H3/t43-,45+,46+,47-,48+,49+,50?,51?,53+,54-/m1/s1. The van der Waals surface area contributed by atoms with Crippen molar-refractivity contribution in [2.75, 3.05) is 78.6 Å². The third-order valence-electron chi connectivity index (χ3n) is 19.3. The van der Waals surface area contributed by atoms with E-state index in [-0.39, 0.29) is 11.5 Å². The van der Waals surface area contributed by atoms with Crippen LogP contribution < -0.4 is 0 Å². The van der Waals surface area contributed by atoms with Gasteiger partial charge in [-0.15, -0.1) is 0 Å². The summed E-state index contributed by atoms with van der Waals surface area (Å²) in [7, 11) is 0. The number of allylic oxidation sites excluding steroid dienone is 1. The van der Waals surface area contributed by atoms with E-state index in [4.69, 9.17) is 9.47 Å². The van der Waals surface area contributed by atoms with Gasteiger partial charge < -0.3 is 9.47 Å². The second-order valence-electron chi connectivity index (χ2n) is 23.4. The first-order chi connectivity index (χ1) is 30.1. The first-order valence-corrected chi connectivity index (χ1v) is 27.3. The van der Waals surface area contributed by atoms with E-state index in [1.165, 1.54) is 181 Å². The zero-order valence-electron chi connectivity index (χ0n) is 41.0. The van der Waals surface area contributed by atoms with Crippen LogP contribution in [0.5, 0.6) is 0 Å². The largest absolute Gasteiger partial charge is 0.508 e. The summed E-state index contributed by atoms with van der Waals surface area (Å²) in [6.45, 7) is 26.0. The van der Waals surface area contributed by atoms with Crippen LogP contribution >= 0.6 is 0 Å². The maximum absolute atomic E-state index is 13.4. The first-order valence-electron chi connectivity index (χ1n) is 27.3. The smallest absolute Gasteiger partial charge is 0.433 e. The Morgan fingerprint density at radius 1 is 0.710 bits per heavy atom. The zero-order valence-corrected chi connectivity index (χ0v) is 41.0. The molecule has 4 saturated heterocycles. The predicted octanol–water partition coefficient (Wildman–Crippen LogP) is 11.4. The van der Waals surface area contributed by atoms with Crippen molar-refractivity contribution in [1.82, 2.24) is 24.5 Å². The van der Waals surface area contributed by atoms with E-state index in [0.717, 1.165) is 74.4 Å². The molecule has 4 aliphatic carbocycles. The molecule has 0 radical (unpaired) electrons. The number of hydrogen-bond donors (Lipinski definition) is 0. The van der Waals surface area contributed by atoms with Gasteiger partial charge in [0.2, 0.25) is 0 Å². The molecule has 4 aliphatic heterocycles. The minimum absolute atomic E-state index is 0.0490. The number of ether oxygens (including phenoxy) is 2. The minimum Gasteiger partial charge on any atom is -0.433 e. The Balaban J connectivity index is 0.813. The van der Waals surface area contributed by atoms with Crippen LogP contribution in [-0.4, -0.2) is 128 Å². The van der Waals surface area contributed by atoms with E-state index < -0.39 is 6.16 Å². The Labute approximate surface area is 381 Å². The van der Waals surface area contributed by atoms with Gasteiger partial charge in [-0.1, -0.05) is 91.2 Å². The van der Waals surface area contributed by atoms with Crippen LogP contribution in [0.25, 0.3) is 0 Å². The van der Waals surface area contributed by atoms with Gasteiger partial charge in [-0.05, 0) is 169 Å². The molecule has 3 saturated carbocycles. The van der Waals surface area contributed by atoms with Crippen molar-refractivity contribution < 1.29 is 14.3 Å². The number of hydrogen-bond acceptors (Lipinski definition) is 8. The van der Waals surface area contributed by atoms with Crippen molar-refractivity contribution in [1.29, 1.82) is 0 Å². The highest BCUT2D eigenvalue weighted by molar-refractivity contribution is 5.60. The molecule has 0 spiro atoms. The van der Waals surface area contributed by atoms with Crippen molar-refractivity contribution in [3.8, 4) is 0 Å². The molecular formula is C54H95N5O3. The number of fused-ring (bicyclic) bond motifs is 7. The van der Waals surface area contributed by atoms with Crippen molar-refractivity contribution in [2.45, 2.75) is 201 Å². The van der Waals surface area contributed by atoms with Crippen LogP contribution in [-0.2, 0) is 9.47 Å². The minimum atomic E-state index is -0.440. The van der Waals surface area contributed by atoms with Gasteiger partial charge in [-0.3, -0.25) is 24.5 Å². The summed E-state index contributed by atoms with van der Waals surface area (Å²) < 4.78 is 12.1. The molecule has 8 nitrogen and oxygen atoms in total. The molecule has 0 aromatic heterocycles. The van der Waals surface area contributed by atoms with Crippen molar-refractivity contribution in [2.24, 2.45) is 46.3 Å². The van der Waals surface area contributed by atoms with Crippen molar-refractivity contribution in [3.63, 3.8) is 0 Å². The Morgan fingerprint density at radius 2 is 1.37 bits per heavy atom. The van der Waals surface area contributed by atoms with Gasteiger partial charge in [0.15, 0.2) is 0 Å². The SMILES string of the molecule is CC(C)CCC[C@@H](C)[C@H]1CC[C@H]2[C@@H]3CC=C4C[C@@H](OC(=O)OCCN(CCCN5CCCN6CCCCCC65)CCCN5CCCN6CCCCCC65)CC[C@]4(C)[C@H]3CC[C@]12C. The molecule has 0 aromatic carbocycles. The van der Waals surface area contributed by atoms with E-state index in [2.05, 4.69) is 65.2 Å². The number of nitrogens with zero attached hydrogens (tertiary/aromatic N) is 5. The molecule has 2 unspecified atom stereocenters. The molecule has 0 N–H and O–H groups in total. The molecule has 0 bridgehead atoms. The molecule has 0 amide bonds. The molecule has 10 atom stereocenters.